The van der Waals surface area contributed by atoms with Gasteiger partial charge in [0.2, 0.25) is 0 Å². The number of hydrogen-bond donors (Lipinski definition) is 2. The summed E-state index contributed by atoms with van der Waals surface area (Å²) in [5.41, 5.74) is -1.23. The van der Waals surface area contributed by atoms with Gasteiger partial charge in [0, 0.05) is 18.9 Å². The summed E-state index contributed by atoms with van der Waals surface area (Å²) in [4.78, 5) is 25.6. The number of carbonyl (C=O) groups is 1. The number of alkyl halides is 1. The van der Waals surface area contributed by atoms with E-state index in [9.17, 15) is 9.36 Å². The number of anilines is 1. The second-order valence-corrected chi connectivity index (χ2v) is 14.0. The predicted molar refractivity (Wildman–Crippen MR) is 164 cm³/mol. The molecule has 0 amide bonds. The number of rotatable bonds is 11. The average Bonchev–Trinajstić information content (AvgIpc) is 3.54. The van der Waals surface area contributed by atoms with Gasteiger partial charge in [0.15, 0.2) is 23.4 Å². The highest BCUT2D eigenvalue weighted by atomic mass is 31.2. The predicted octanol–water partition coefficient (Wildman–Crippen LogP) is 5.81. The van der Waals surface area contributed by atoms with Crippen molar-refractivity contribution < 1.29 is 32.3 Å². The molecule has 0 radical (unpaired) electrons. The van der Waals surface area contributed by atoms with Crippen LogP contribution in [0.25, 0.3) is 21.9 Å². The molecule has 4 aromatic rings. The number of carbonyl (C=O) groups excluding carboxylic acids is 1. The molecule has 2 aromatic heterocycles. The van der Waals surface area contributed by atoms with Crippen LogP contribution in [0.4, 0.5) is 10.2 Å². The van der Waals surface area contributed by atoms with E-state index >= 15 is 4.39 Å². The van der Waals surface area contributed by atoms with E-state index in [0.717, 1.165) is 5.39 Å². The summed E-state index contributed by atoms with van der Waals surface area (Å²) in [7, 11) is -2.54. The number of nitrogens with one attached hydrogen (secondary N) is 2. The zero-order valence-corrected chi connectivity index (χ0v) is 26.5. The first-order valence-electron chi connectivity index (χ1n) is 14.3. The third kappa shape index (κ3) is 7.02. The van der Waals surface area contributed by atoms with E-state index < -0.39 is 37.8 Å². The Morgan fingerprint density at radius 3 is 2.70 bits per heavy atom. The van der Waals surface area contributed by atoms with Crippen LogP contribution in [0.5, 0.6) is 5.75 Å². The number of imidazole rings is 1. The Morgan fingerprint density at radius 2 is 1.95 bits per heavy atom. The third-order valence-electron chi connectivity index (χ3n) is 7.06. The van der Waals surface area contributed by atoms with Crippen LogP contribution in [-0.2, 0) is 23.4 Å². The van der Waals surface area contributed by atoms with Gasteiger partial charge in [-0.3, -0.25) is 13.9 Å². The minimum absolute atomic E-state index is 0.0707. The molecule has 1 aliphatic heterocycles. The van der Waals surface area contributed by atoms with Crippen LogP contribution in [0.2, 0.25) is 0 Å². The normalized spacial score (nSPS) is 22.5. The van der Waals surface area contributed by atoms with E-state index in [1.165, 1.54) is 31.1 Å². The van der Waals surface area contributed by atoms with Gasteiger partial charge in [-0.2, -0.15) is 5.09 Å². The SMILES string of the molecule is CNc1ncnc2c1ncn2[C@@H]1O[C@H](CO[P@@](=O)(N[C@H](C)C(=O)OCC(C)(C)C)Oc2cccc3ccccc23)C[C@@]1(C)F. The molecule has 1 saturated heterocycles. The molecule has 0 aliphatic carbocycles. The second-order valence-electron chi connectivity index (χ2n) is 12.3. The lowest BCUT2D eigenvalue weighted by Gasteiger charge is -2.25. The fourth-order valence-corrected chi connectivity index (χ4v) is 6.50. The lowest BCUT2D eigenvalue weighted by atomic mass is 9.99. The van der Waals surface area contributed by atoms with E-state index in [1.54, 1.807) is 19.2 Å². The van der Waals surface area contributed by atoms with Crippen molar-refractivity contribution in [2.45, 2.75) is 65.1 Å². The van der Waals surface area contributed by atoms with Crippen molar-refractivity contribution >= 4 is 41.5 Å². The summed E-state index contributed by atoms with van der Waals surface area (Å²) in [6.45, 7) is 8.61. The number of ether oxygens (including phenoxy) is 2. The smallest absolute Gasteiger partial charge is 0.459 e. The maximum absolute atomic E-state index is 16.0. The zero-order valence-electron chi connectivity index (χ0n) is 25.6. The molecular weight excluding hydrogens is 590 g/mol. The van der Waals surface area contributed by atoms with Crippen molar-refractivity contribution in [3.63, 3.8) is 0 Å². The molecule has 236 valence electrons. The molecule has 12 nitrogen and oxygen atoms in total. The highest BCUT2D eigenvalue weighted by Gasteiger charge is 2.48. The third-order valence-corrected chi connectivity index (χ3v) is 8.69. The van der Waals surface area contributed by atoms with E-state index in [-0.39, 0.29) is 25.0 Å². The molecule has 2 N–H and O–H groups in total. The highest BCUT2D eigenvalue weighted by Crippen LogP contribution is 2.49. The van der Waals surface area contributed by atoms with E-state index in [0.29, 0.717) is 28.1 Å². The number of esters is 1. The summed E-state index contributed by atoms with van der Waals surface area (Å²) in [5.74, 6) is 0.174. The molecule has 5 atom stereocenters. The number of nitrogens with zero attached hydrogens (tertiary/aromatic N) is 4. The number of fused-ring (bicyclic) bond motifs is 2. The molecule has 1 aliphatic rings. The van der Waals surface area contributed by atoms with Gasteiger partial charge in [-0.05, 0) is 30.7 Å². The van der Waals surface area contributed by atoms with Crippen molar-refractivity contribution in [3.05, 3.63) is 55.1 Å². The number of aromatic nitrogens is 4. The van der Waals surface area contributed by atoms with Crippen molar-refractivity contribution in [1.29, 1.82) is 0 Å². The Bertz CT molecular complexity index is 1690. The molecule has 0 spiro atoms. The maximum Gasteiger partial charge on any atom is 0.459 e. The Balaban J connectivity index is 1.36. The van der Waals surface area contributed by atoms with Gasteiger partial charge in [-0.25, -0.2) is 23.9 Å². The molecule has 5 rings (SSSR count). The van der Waals surface area contributed by atoms with Crippen molar-refractivity contribution in [2.24, 2.45) is 5.41 Å². The van der Waals surface area contributed by atoms with Crippen LogP contribution in [0.1, 0.15) is 47.3 Å². The number of hydrogen-bond acceptors (Lipinski definition) is 10. The van der Waals surface area contributed by atoms with Crippen molar-refractivity contribution in [1.82, 2.24) is 24.6 Å². The summed E-state index contributed by atoms with van der Waals surface area (Å²) >= 11 is 0. The minimum atomic E-state index is -4.25. The summed E-state index contributed by atoms with van der Waals surface area (Å²) in [6, 6.07) is 11.7. The maximum atomic E-state index is 16.0. The second kappa shape index (κ2) is 12.4. The molecular formula is C30H38FN6O6P. The molecule has 0 saturated carbocycles. The van der Waals surface area contributed by atoms with Crippen LogP contribution in [0, 0.1) is 5.41 Å². The fourth-order valence-electron chi connectivity index (χ4n) is 4.96. The molecule has 44 heavy (non-hydrogen) atoms. The Kier molecular flexibility index (Phi) is 8.95. The van der Waals surface area contributed by atoms with Gasteiger partial charge in [0.25, 0.3) is 0 Å². The molecule has 1 fully saturated rings. The number of halogens is 1. The van der Waals surface area contributed by atoms with Crippen LogP contribution in [-0.4, -0.2) is 63.6 Å². The highest BCUT2D eigenvalue weighted by molar-refractivity contribution is 7.52. The first-order valence-corrected chi connectivity index (χ1v) is 15.9. The molecule has 0 unspecified atom stereocenters. The van der Waals surface area contributed by atoms with Crippen LogP contribution >= 0.6 is 7.75 Å². The van der Waals surface area contributed by atoms with Gasteiger partial charge >= 0.3 is 13.7 Å². The molecule has 14 heteroatoms. The molecule has 3 heterocycles. The van der Waals surface area contributed by atoms with Crippen molar-refractivity contribution in [2.75, 3.05) is 25.6 Å². The van der Waals surface area contributed by atoms with Crippen LogP contribution in [0.15, 0.2) is 55.1 Å². The standard InChI is InChI=1S/C30H38FN6O6P/c1-19(27(38)40-16-29(2,3)4)36-44(39,43-23-13-9-11-20-10-7-8-12-22(20)23)41-15-21-14-30(5,31)28(42-21)37-18-35-24-25(32-6)33-17-34-26(24)37/h7-13,17-19,21,28H,14-16H2,1-6H3,(H,36,39)(H,32,33,34)/t19-,21+,28-,30-,44+/m1/s1. The molecule has 0 bridgehead atoms. The van der Waals surface area contributed by atoms with Gasteiger partial charge in [-0.1, -0.05) is 57.2 Å². The van der Waals surface area contributed by atoms with E-state index in [1.807, 2.05) is 51.1 Å². The van der Waals surface area contributed by atoms with E-state index in [2.05, 4.69) is 25.4 Å². The van der Waals surface area contributed by atoms with Gasteiger partial charge in [0.1, 0.15) is 23.6 Å². The van der Waals surface area contributed by atoms with Crippen molar-refractivity contribution in [3.8, 4) is 5.75 Å². The Labute approximate surface area is 255 Å². The average molecular weight is 629 g/mol. The Morgan fingerprint density at radius 1 is 1.20 bits per heavy atom. The fraction of sp³-hybridized carbons (Fsp3) is 0.467. The zero-order chi connectivity index (χ0) is 31.7. The quantitative estimate of drug-likeness (QED) is 0.154. The van der Waals surface area contributed by atoms with Gasteiger partial charge in [-0.15, -0.1) is 0 Å². The lowest BCUT2D eigenvalue weighted by molar-refractivity contribution is -0.148. The first kappa shape index (κ1) is 31.8. The topological polar surface area (TPSA) is 139 Å². The van der Waals surface area contributed by atoms with E-state index in [4.69, 9.17) is 18.5 Å². The molecule has 2 aromatic carbocycles. The summed E-state index contributed by atoms with van der Waals surface area (Å²) in [5, 5.41) is 7.22. The number of benzene rings is 2. The Hall–Kier alpha value is -3.64. The minimum Gasteiger partial charge on any atom is -0.464 e. The van der Waals surface area contributed by atoms with Crippen LogP contribution in [0.3, 0.4) is 0 Å². The summed E-state index contributed by atoms with van der Waals surface area (Å²) in [6.07, 6.45) is 0.842. The monoisotopic (exact) mass is 628 g/mol. The lowest BCUT2D eigenvalue weighted by Crippen LogP contribution is -2.37. The summed E-state index contributed by atoms with van der Waals surface area (Å²) < 4.78 is 55.1. The largest absolute Gasteiger partial charge is 0.464 e. The van der Waals surface area contributed by atoms with Crippen LogP contribution < -0.4 is 14.9 Å². The van der Waals surface area contributed by atoms with Gasteiger partial charge < -0.3 is 19.3 Å². The first-order chi connectivity index (χ1) is 20.8. The van der Waals surface area contributed by atoms with Gasteiger partial charge in [0.05, 0.1) is 25.6 Å².